The van der Waals surface area contributed by atoms with Crippen LogP contribution < -0.4 is 20.7 Å². The number of carbonyl (C=O) groups is 2. The number of rotatable bonds is 6. The van der Waals surface area contributed by atoms with Gasteiger partial charge >= 0.3 is 6.03 Å². The van der Waals surface area contributed by atoms with Crippen LogP contribution in [0.2, 0.25) is 0 Å². The van der Waals surface area contributed by atoms with E-state index < -0.39 is 6.03 Å². The number of anilines is 2. The van der Waals surface area contributed by atoms with Gasteiger partial charge in [-0.2, -0.15) is 0 Å². The standard InChI is InChI=1S/C19H23N3O3/c1-4-13(2)20-18(23)14-9-5-6-10-15(14)21-19(24)22-16-11-7-8-12-17(16)25-3/h5-13H,4H2,1-3H3,(H,20,23)(H2,21,22,24)/t13-/m1/s1. The lowest BCUT2D eigenvalue weighted by molar-refractivity contribution is 0.0940. The molecule has 0 unspecified atom stereocenters. The summed E-state index contributed by atoms with van der Waals surface area (Å²) in [5.74, 6) is 0.336. The highest BCUT2D eigenvalue weighted by Crippen LogP contribution is 2.23. The van der Waals surface area contributed by atoms with E-state index in [1.54, 1.807) is 42.5 Å². The molecule has 2 rings (SSSR count). The highest BCUT2D eigenvalue weighted by Gasteiger charge is 2.15. The molecule has 0 spiro atoms. The molecule has 0 aliphatic carbocycles. The smallest absolute Gasteiger partial charge is 0.323 e. The Bertz CT molecular complexity index is 746. The molecule has 0 bridgehead atoms. The summed E-state index contributed by atoms with van der Waals surface area (Å²) >= 11 is 0. The zero-order valence-corrected chi connectivity index (χ0v) is 14.6. The summed E-state index contributed by atoms with van der Waals surface area (Å²) in [6, 6.07) is 13.6. The molecule has 0 aliphatic heterocycles. The third-order valence-electron chi connectivity index (χ3n) is 3.76. The molecule has 25 heavy (non-hydrogen) atoms. The molecule has 2 aromatic rings. The summed E-state index contributed by atoms with van der Waals surface area (Å²) in [5.41, 5.74) is 1.40. The monoisotopic (exact) mass is 341 g/mol. The second-order valence-electron chi connectivity index (χ2n) is 5.61. The lowest BCUT2D eigenvalue weighted by Crippen LogP contribution is -2.33. The van der Waals surface area contributed by atoms with E-state index >= 15 is 0 Å². The third kappa shape index (κ3) is 4.97. The van der Waals surface area contributed by atoms with E-state index in [2.05, 4.69) is 16.0 Å². The Morgan fingerprint density at radius 2 is 1.60 bits per heavy atom. The van der Waals surface area contributed by atoms with E-state index in [9.17, 15) is 9.59 Å². The van der Waals surface area contributed by atoms with Crippen molar-refractivity contribution in [1.82, 2.24) is 5.32 Å². The molecule has 0 aliphatic rings. The molecule has 3 N–H and O–H groups in total. The maximum absolute atomic E-state index is 12.4. The molecule has 0 radical (unpaired) electrons. The van der Waals surface area contributed by atoms with Crippen LogP contribution in [0.25, 0.3) is 0 Å². The summed E-state index contributed by atoms with van der Waals surface area (Å²) in [5, 5.41) is 8.33. The van der Waals surface area contributed by atoms with E-state index in [-0.39, 0.29) is 11.9 Å². The van der Waals surface area contributed by atoms with E-state index in [0.29, 0.717) is 22.7 Å². The highest BCUT2D eigenvalue weighted by molar-refractivity contribution is 6.06. The Labute approximate surface area is 147 Å². The molecule has 0 saturated carbocycles. The molecule has 0 heterocycles. The molecule has 3 amide bonds. The molecule has 6 nitrogen and oxygen atoms in total. The number of ether oxygens (including phenoxy) is 1. The van der Waals surface area contributed by atoms with Gasteiger partial charge in [-0.1, -0.05) is 31.2 Å². The molecule has 6 heteroatoms. The Balaban J connectivity index is 2.12. The maximum Gasteiger partial charge on any atom is 0.323 e. The van der Waals surface area contributed by atoms with E-state index in [0.717, 1.165) is 6.42 Å². The van der Waals surface area contributed by atoms with Gasteiger partial charge in [-0.15, -0.1) is 0 Å². The average Bonchev–Trinajstić information content (AvgIpc) is 2.62. The lowest BCUT2D eigenvalue weighted by Gasteiger charge is -2.15. The molecule has 0 aromatic heterocycles. The van der Waals surface area contributed by atoms with Crippen molar-refractivity contribution in [3.05, 3.63) is 54.1 Å². The van der Waals surface area contributed by atoms with Gasteiger partial charge in [-0.3, -0.25) is 4.79 Å². The van der Waals surface area contributed by atoms with Crippen LogP contribution in [-0.2, 0) is 0 Å². The van der Waals surface area contributed by atoms with Crippen LogP contribution in [0.5, 0.6) is 5.75 Å². The fourth-order valence-electron chi connectivity index (χ4n) is 2.22. The molecule has 1 atom stereocenters. The Morgan fingerprint density at radius 3 is 2.28 bits per heavy atom. The highest BCUT2D eigenvalue weighted by atomic mass is 16.5. The van der Waals surface area contributed by atoms with Crippen LogP contribution in [-0.4, -0.2) is 25.1 Å². The quantitative estimate of drug-likeness (QED) is 0.746. The normalized spacial score (nSPS) is 11.3. The van der Waals surface area contributed by atoms with Crippen molar-refractivity contribution in [2.75, 3.05) is 17.7 Å². The predicted molar refractivity (Wildman–Crippen MR) is 99.3 cm³/mol. The lowest BCUT2D eigenvalue weighted by atomic mass is 10.1. The van der Waals surface area contributed by atoms with Crippen molar-refractivity contribution in [2.45, 2.75) is 26.3 Å². The van der Waals surface area contributed by atoms with Crippen LogP contribution >= 0.6 is 0 Å². The number of methoxy groups -OCH3 is 1. The van der Waals surface area contributed by atoms with Gasteiger partial charge in [0, 0.05) is 6.04 Å². The van der Waals surface area contributed by atoms with Crippen molar-refractivity contribution in [3.8, 4) is 5.75 Å². The summed E-state index contributed by atoms with van der Waals surface area (Å²) < 4.78 is 5.21. The van der Waals surface area contributed by atoms with Crippen molar-refractivity contribution in [2.24, 2.45) is 0 Å². The molecule has 0 fully saturated rings. The molecule has 132 valence electrons. The second kappa shape index (κ2) is 8.73. The SMILES string of the molecule is CC[C@@H](C)NC(=O)c1ccccc1NC(=O)Nc1ccccc1OC. The number of para-hydroxylation sites is 3. The number of amides is 3. The van der Waals surface area contributed by atoms with E-state index in [4.69, 9.17) is 4.74 Å². The molecular weight excluding hydrogens is 318 g/mol. The first-order valence-corrected chi connectivity index (χ1v) is 8.16. The van der Waals surface area contributed by atoms with Crippen LogP contribution in [0.1, 0.15) is 30.6 Å². The topological polar surface area (TPSA) is 79.5 Å². The van der Waals surface area contributed by atoms with Crippen LogP contribution in [0.3, 0.4) is 0 Å². The predicted octanol–water partition coefficient (Wildman–Crippen LogP) is 3.87. The fourth-order valence-corrected chi connectivity index (χ4v) is 2.22. The maximum atomic E-state index is 12.4. The van der Waals surface area contributed by atoms with Crippen LogP contribution in [0, 0.1) is 0 Å². The van der Waals surface area contributed by atoms with Crippen LogP contribution in [0.15, 0.2) is 48.5 Å². The molecule has 0 saturated heterocycles. The number of carbonyl (C=O) groups excluding carboxylic acids is 2. The van der Waals surface area contributed by atoms with Crippen LogP contribution in [0.4, 0.5) is 16.2 Å². The van der Waals surface area contributed by atoms with Crippen molar-refractivity contribution >= 4 is 23.3 Å². The number of benzene rings is 2. The number of hydrogen-bond acceptors (Lipinski definition) is 3. The van der Waals surface area contributed by atoms with Gasteiger partial charge in [-0.05, 0) is 37.6 Å². The van der Waals surface area contributed by atoms with Gasteiger partial charge in [0.25, 0.3) is 5.91 Å². The summed E-state index contributed by atoms with van der Waals surface area (Å²) in [7, 11) is 1.53. The van der Waals surface area contributed by atoms with Gasteiger partial charge in [0.05, 0.1) is 24.0 Å². The van der Waals surface area contributed by atoms with Crippen molar-refractivity contribution < 1.29 is 14.3 Å². The van der Waals surface area contributed by atoms with Crippen molar-refractivity contribution in [3.63, 3.8) is 0 Å². The minimum atomic E-state index is -0.451. The minimum absolute atomic E-state index is 0.0583. The van der Waals surface area contributed by atoms with Gasteiger partial charge in [0.1, 0.15) is 5.75 Å². The third-order valence-corrected chi connectivity index (χ3v) is 3.76. The Kier molecular flexibility index (Phi) is 6.39. The zero-order chi connectivity index (χ0) is 18.2. The first-order chi connectivity index (χ1) is 12.0. The van der Waals surface area contributed by atoms with Gasteiger partial charge < -0.3 is 20.7 Å². The van der Waals surface area contributed by atoms with E-state index in [1.807, 2.05) is 19.9 Å². The summed E-state index contributed by atoms with van der Waals surface area (Å²) in [6.45, 7) is 3.93. The molecule has 2 aromatic carbocycles. The first kappa shape index (κ1) is 18.3. The zero-order valence-electron chi connectivity index (χ0n) is 14.6. The average molecular weight is 341 g/mol. The van der Waals surface area contributed by atoms with Crippen molar-refractivity contribution in [1.29, 1.82) is 0 Å². The van der Waals surface area contributed by atoms with Gasteiger partial charge in [0.2, 0.25) is 0 Å². The fraction of sp³-hybridized carbons (Fsp3) is 0.263. The number of nitrogens with one attached hydrogen (secondary N) is 3. The Morgan fingerprint density at radius 1 is 1.00 bits per heavy atom. The number of hydrogen-bond donors (Lipinski definition) is 3. The second-order valence-corrected chi connectivity index (χ2v) is 5.61. The summed E-state index contributed by atoms with van der Waals surface area (Å²) in [6.07, 6.45) is 0.829. The van der Waals surface area contributed by atoms with E-state index in [1.165, 1.54) is 7.11 Å². The largest absolute Gasteiger partial charge is 0.495 e. The molecular formula is C19H23N3O3. The number of urea groups is 1. The van der Waals surface area contributed by atoms with Gasteiger partial charge in [0.15, 0.2) is 0 Å². The minimum Gasteiger partial charge on any atom is -0.495 e. The summed E-state index contributed by atoms with van der Waals surface area (Å²) in [4.78, 5) is 24.7. The Hall–Kier alpha value is -3.02. The van der Waals surface area contributed by atoms with Gasteiger partial charge in [-0.25, -0.2) is 4.79 Å². The first-order valence-electron chi connectivity index (χ1n) is 8.16.